The van der Waals surface area contributed by atoms with Crippen LogP contribution < -0.4 is 5.32 Å². The molecule has 0 fully saturated rings. The fourth-order valence-electron chi connectivity index (χ4n) is 0.458. The molecule has 0 saturated heterocycles. The summed E-state index contributed by atoms with van der Waals surface area (Å²) in [5.41, 5.74) is 0. The van der Waals surface area contributed by atoms with Crippen molar-refractivity contribution in [1.82, 2.24) is 5.32 Å². The fourth-order valence-corrected chi connectivity index (χ4v) is 0.458. The predicted octanol–water partition coefficient (Wildman–Crippen LogP) is 1.60. The molecule has 1 amide bonds. The minimum Gasteiger partial charge on any atom is -0.329 e. The van der Waals surface area contributed by atoms with Gasteiger partial charge in [-0.05, 0) is 19.4 Å². The van der Waals surface area contributed by atoms with E-state index in [0.29, 0.717) is 0 Å². The molecule has 0 unspecified atom stereocenters. The number of allylic oxidation sites excluding steroid dienone is 2. The first-order chi connectivity index (χ1) is 4.81. The third-order valence-corrected chi connectivity index (χ3v) is 0.897. The highest BCUT2D eigenvalue weighted by molar-refractivity contribution is 5.88. The van der Waals surface area contributed by atoms with E-state index in [4.69, 9.17) is 0 Å². The molecule has 2 heteroatoms. The van der Waals surface area contributed by atoms with Gasteiger partial charge < -0.3 is 5.32 Å². The van der Waals surface area contributed by atoms with Crippen LogP contribution in [-0.4, -0.2) is 5.91 Å². The Morgan fingerprint density at radius 1 is 1.60 bits per heavy atom. The molecule has 0 bridgehead atoms. The number of amides is 1. The summed E-state index contributed by atoms with van der Waals surface area (Å²) in [4.78, 5) is 10.7. The van der Waals surface area contributed by atoms with Gasteiger partial charge in [-0.25, -0.2) is 0 Å². The van der Waals surface area contributed by atoms with E-state index in [0.717, 1.165) is 6.42 Å². The second-order valence-corrected chi connectivity index (χ2v) is 1.82. The summed E-state index contributed by atoms with van der Waals surface area (Å²) in [5.74, 6) is -0.0767. The Labute approximate surface area is 61.6 Å². The molecule has 0 aliphatic rings. The van der Waals surface area contributed by atoms with E-state index in [2.05, 4.69) is 5.32 Å². The highest BCUT2D eigenvalue weighted by Crippen LogP contribution is 1.76. The van der Waals surface area contributed by atoms with E-state index in [1.807, 2.05) is 19.9 Å². The minimum atomic E-state index is -0.0767. The number of carbonyl (C=O) groups excluding carboxylic acids is 1. The Hall–Kier alpha value is -1.05. The second-order valence-electron chi connectivity index (χ2n) is 1.82. The van der Waals surface area contributed by atoms with Crippen LogP contribution in [0.4, 0.5) is 0 Å². The molecular formula is C8H13NO. The quantitative estimate of drug-likeness (QED) is 0.591. The van der Waals surface area contributed by atoms with Crippen molar-refractivity contribution < 1.29 is 4.79 Å². The highest BCUT2D eigenvalue weighted by atomic mass is 16.1. The standard InChI is InChI=1S/C8H13NO/c1-3-5-7-9-8(10)6-4-2/h4-7H,3H2,1-2H3,(H,9,10)/b6-4+,7-5-. The molecule has 0 rings (SSSR count). The number of nitrogens with one attached hydrogen (secondary N) is 1. The summed E-state index contributed by atoms with van der Waals surface area (Å²) in [5, 5.41) is 2.58. The largest absolute Gasteiger partial charge is 0.329 e. The van der Waals surface area contributed by atoms with Crippen molar-refractivity contribution in [2.45, 2.75) is 20.3 Å². The Balaban J connectivity index is 3.49. The smallest absolute Gasteiger partial charge is 0.247 e. The fraction of sp³-hybridized carbons (Fsp3) is 0.375. The van der Waals surface area contributed by atoms with E-state index in [1.165, 1.54) is 6.08 Å². The first kappa shape index (κ1) is 8.95. The van der Waals surface area contributed by atoms with Crippen molar-refractivity contribution in [2.75, 3.05) is 0 Å². The Bertz CT molecular complexity index is 147. The molecule has 0 radical (unpaired) electrons. The van der Waals surface area contributed by atoms with E-state index in [9.17, 15) is 4.79 Å². The van der Waals surface area contributed by atoms with Gasteiger partial charge in [-0.1, -0.05) is 19.1 Å². The van der Waals surface area contributed by atoms with Gasteiger partial charge in [-0.15, -0.1) is 0 Å². The average molecular weight is 139 g/mol. The summed E-state index contributed by atoms with van der Waals surface area (Å²) in [6.07, 6.45) is 7.68. The van der Waals surface area contributed by atoms with E-state index in [1.54, 1.807) is 12.3 Å². The van der Waals surface area contributed by atoms with Gasteiger partial charge in [0.1, 0.15) is 0 Å². The van der Waals surface area contributed by atoms with E-state index >= 15 is 0 Å². The van der Waals surface area contributed by atoms with Gasteiger partial charge in [0.05, 0.1) is 0 Å². The first-order valence-corrected chi connectivity index (χ1v) is 3.39. The topological polar surface area (TPSA) is 29.1 Å². The zero-order valence-corrected chi connectivity index (χ0v) is 6.42. The van der Waals surface area contributed by atoms with E-state index < -0.39 is 0 Å². The van der Waals surface area contributed by atoms with Crippen molar-refractivity contribution in [1.29, 1.82) is 0 Å². The van der Waals surface area contributed by atoms with Crippen LogP contribution >= 0.6 is 0 Å². The Morgan fingerprint density at radius 3 is 2.80 bits per heavy atom. The van der Waals surface area contributed by atoms with Gasteiger partial charge in [0.25, 0.3) is 0 Å². The molecule has 0 aliphatic carbocycles. The van der Waals surface area contributed by atoms with Crippen molar-refractivity contribution in [3.63, 3.8) is 0 Å². The van der Waals surface area contributed by atoms with Crippen LogP contribution in [0.3, 0.4) is 0 Å². The van der Waals surface area contributed by atoms with Gasteiger partial charge in [0.15, 0.2) is 0 Å². The maximum absolute atomic E-state index is 10.7. The summed E-state index contributed by atoms with van der Waals surface area (Å²) in [6, 6.07) is 0. The number of rotatable bonds is 3. The maximum Gasteiger partial charge on any atom is 0.247 e. The summed E-state index contributed by atoms with van der Waals surface area (Å²) in [6.45, 7) is 3.82. The third kappa shape index (κ3) is 5.09. The molecule has 0 saturated carbocycles. The van der Waals surface area contributed by atoms with Crippen LogP contribution in [0, 0.1) is 0 Å². The number of hydrogen-bond acceptors (Lipinski definition) is 1. The third-order valence-electron chi connectivity index (χ3n) is 0.897. The maximum atomic E-state index is 10.7. The van der Waals surface area contributed by atoms with Gasteiger partial charge in [0.2, 0.25) is 5.91 Å². The minimum absolute atomic E-state index is 0.0767. The predicted molar refractivity (Wildman–Crippen MR) is 42.4 cm³/mol. The average Bonchev–Trinajstić information content (AvgIpc) is 1.89. The lowest BCUT2D eigenvalue weighted by atomic mass is 10.4. The molecular weight excluding hydrogens is 126 g/mol. The van der Waals surface area contributed by atoms with Crippen molar-refractivity contribution in [3.8, 4) is 0 Å². The monoisotopic (exact) mass is 139 g/mol. The van der Waals surface area contributed by atoms with Gasteiger partial charge in [0, 0.05) is 6.20 Å². The molecule has 1 N–H and O–H groups in total. The molecule has 2 nitrogen and oxygen atoms in total. The van der Waals surface area contributed by atoms with Crippen LogP contribution in [-0.2, 0) is 4.79 Å². The zero-order valence-electron chi connectivity index (χ0n) is 6.42. The molecule has 0 aromatic carbocycles. The first-order valence-electron chi connectivity index (χ1n) is 3.39. The van der Waals surface area contributed by atoms with Gasteiger partial charge >= 0.3 is 0 Å². The number of carbonyl (C=O) groups is 1. The van der Waals surface area contributed by atoms with Crippen LogP contribution in [0.1, 0.15) is 20.3 Å². The Morgan fingerprint density at radius 2 is 2.30 bits per heavy atom. The second kappa shape index (κ2) is 6.08. The van der Waals surface area contributed by atoms with Gasteiger partial charge in [-0.3, -0.25) is 4.79 Å². The lowest BCUT2D eigenvalue weighted by molar-refractivity contribution is -0.115. The van der Waals surface area contributed by atoms with Crippen LogP contribution in [0.2, 0.25) is 0 Å². The highest BCUT2D eigenvalue weighted by Gasteiger charge is 1.85. The molecule has 0 aromatic rings. The summed E-state index contributed by atoms with van der Waals surface area (Å²) >= 11 is 0. The van der Waals surface area contributed by atoms with Gasteiger partial charge in [-0.2, -0.15) is 0 Å². The van der Waals surface area contributed by atoms with Crippen LogP contribution in [0.15, 0.2) is 24.4 Å². The van der Waals surface area contributed by atoms with Crippen LogP contribution in [0.25, 0.3) is 0 Å². The molecule has 56 valence electrons. The lowest BCUT2D eigenvalue weighted by Gasteiger charge is -1.89. The zero-order chi connectivity index (χ0) is 7.82. The van der Waals surface area contributed by atoms with Crippen LogP contribution in [0.5, 0.6) is 0 Å². The molecule has 0 atom stereocenters. The molecule has 0 aromatic heterocycles. The molecule has 10 heavy (non-hydrogen) atoms. The SMILES string of the molecule is C/C=C/C(=O)N/C=C\CC. The lowest BCUT2D eigenvalue weighted by Crippen LogP contribution is -2.12. The number of hydrogen-bond donors (Lipinski definition) is 1. The van der Waals surface area contributed by atoms with Crippen molar-refractivity contribution in [3.05, 3.63) is 24.4 Å². The molecule has 0 heterocycles. The van der Waals surface area contributed by atoms with Crippen molar-refractivity contribution in [2.24, 2.45) is 0 Å². The van der Waals surface area contributed by atoms with E-state index in [-0.39, 0.29) is 5.91 Å². The summed E-state index contributed by atoms with van der Waals surface area (Å²) in [7, 11) is 0. The van der Waals surface area contributed by atoms with Crippen molar-refractivity contribution >= 4 is 5.91 Å². The molecule has 0 spiro atoms. The normalized spacial score (nSPS) is 11.0. The Kier molecular flexibility index (Phi) is 5.44. The summed E-state index contributed by atoms with van der Waals surface area (Å²) < 4.78 is 0. The molecule has 0 aliphatic heterocycles.